The second kappa shape index (κ2) is 10.4. The minimum atomic E-state index is -0.406. The van der Waals surface area contributed by atoms with Gasteiger partial charge < -0.3 is 19.3 Å². The molecular formula is C34H43NO4. The van der Waals surface area contributed by atoms with Gasteiger partial charge in [-0.2, -0.15) is 5.26 Å². The minimum absolute atomic E-state index is 0.0279. The van der Waals surface area contributed by atoms with E-state index in [1.54, 1.807) is 11.1 Å². The predicted molar refractivity (Wildman–Crippen MR) is 149 cm³/mol. The number of allylic oxidation sites excluding steroid dienone is 2. The lowest BCUT2D eigenvalue weighted by atomic mass is 9.52. The van der Waals surface area contributed by atoms with Crippen LogP contribution in [0.25, 0.3) is 0 Å². The van der Waals surface area contributed by atoms with Crippen molar-refractivity contribution in [3.63, 3.8) is 0 Å². The molecule has 0 bridgehead atoms. The summed E-state index contributed by atoms with van der Waals surface area (Å²) < 4.78 is 18.1. The van der Waals surface area contributed by atoms with Crippen molar-refractivity contribution in [1.82, 2.24) is 0 Å². The fraction of sp³-hybridized carbons (Fsp3) is 0.676. The molecule has 6 rings (SSSR count). The molecule has 5 heteroatoms. The van der Waals surface area contributed by atoms with E-state index in [1.807, 2.05) is 6.07 Å². The highest BCUT2D eigenvalue weighted by molar-refractivity contribution is 5.44. The quantitative estimate of drug-likeness (QED) is 0.290. The van der Waals surface area contributed by atoms with Crippen LogP contribution in [-0.2, 0) is 14.2 Å². The Hall–Kier alpha value is -2.15. The fourth-order valence-corrected chi connectivity index (χ4v) is 8.58. The standard InChI is InChI=1S/C34H43NO4/c1-32(2)21-38-34(39-22-32)15-14-26-25(19-34)10-11-27-29-12-13-30(36)33(29,3)20-28(31(26)27)24-8-6-23(7-9-24)5-4-17-37-18-16-35/h6-9,25,27-30,36H,10-15,17-22H2,1-3H3. The number of nitriles is 1. The zero-order valence-electron chi connectivity index (χ0n) is 23.8. The number of hydrogen-bond donors (Lipinski definition) is 1. The molecular weight excluding hydrogens is 486 g/mol. The van der Waals surface area contributed by atoms with Crippen molar-refractivity contribution in [2.45, 2.75) is 89.9 Å². The van der Waals surface area contributed by atoms with Gasteiger partial charge in [-0.1, -0.05) is 55.9 Å². The summed E-state index contributed by atoms with van der Waals surface area (Å²) in [5.41, 5.74) is 5.74. The van der Waals surface area contributed by atoms with Gasteiger partial charge in [0.25, 0.3) is 0 Å². The molecule has 208 valence electrons. The monoisotopic (exact) mass is 529 g/mol. The molecule has 6 atom stereocenters. The third-order valence-corrected chi connectivity index (χ3v) is 10.6. The minimum Gasteiger partial charge on any atom is -0.393 e. The first-order valence-electron chi connectivity index (χ1n) is 15.0. The van der Waals surface area contributed by atoms with Crippen molar-refractivity contribution in [3.8, 4) is 17.9 Å². The highest BCUT2D eigenvalue weighted by Gasteiger charge is 2.57. The molecule has 0 radical (unpaired) electrons. The maximum Gasteiger partial charge on any atom is 0.169 e. The van der Waals surface area contributed by atoms with Gasteiger partial charge in [0.15, 0.2) is 5.79 Å². The second-order valence-electron chi connectivity index (χ2n) is 13.8. The highest BCUT2D eigenvalue weighted by atomic mass is 16.7. The third-order valence-electron chi connectivity index (χ3n) is 10.6. The maximum absolute atomic E-state index is 11.2. The summed E-state index contributed by atoms with van der Waals surface area (Å²) in [5, 5.41) is 19.8. The van der Waals surface area contributed by atoms with E-state index in [1.165, 1.54) is 18.4 Å². The Morgan fingerprint density at radius 3 is 2.51 bits per heavy atom. The van der Waals surface area contributed by atoms with E-state index in [2.05, 4.69) is 56.9 Å². The van der Waals surface area contributed by atoms with Crippen LogP contribution in [0.5, 0.6) is 0 Å². The van der Waals surface area contributed by atoms with E-state index in [0.29, 0.717) is 23.7 Å². The van der Waals surface area contributed by atoms with Crippen molar-refractivity contribution in [2.24, 2.45) is 28.6 Å². The lowest BCUT2D eigenvalue weighted by molar-refractivity contribution is -0.312. The average molecular weight is 530 g/mol. The molecule has 4 fully saturated rings. The first kappa shape index (κ1) is 27.0. The van der Waals surface area contributed by atoms with Crippen molar-refractivity contribution >= 4 is 0 Å². The molecule has 0 amide bonds. The molecule has 39 heavy (non-hydrogen) atoms. The molecule has 5 nitrogen and oxygen atoms in total. The number of nitrogens with zero attached hydrogens (tertiary/aromatic N) is 1. The molecule has 1 aliphatic heterocycles. The number of benzene rings is 1. The van der Waals surface area contributed by atoms with Crippen LogP contribution in [0.2, 0.25) is 0 Å². The summed E-state index contributed by atoms with van der Waals surface area (Å²) in [5.74, 6) is 7.77. The van der Waals surface area contributed by atoms with Gasteiger partial charge >= 0.3 is 0 Å². The molecule has 1 aromatic rings. The van der Waals surface area contributed by atoms with E-state index in [9.17, 15) is 5.11 Å². The molecule has 1 spiro atoms. The Morgan fingerprint density at radius 2 is 1.77 bits per heavy atom. The summed E-state index contributed by atoms with van der Waals surface area (Å²) in [6.45, 7) is 8.68. The van der Waals surface area contributed by atoms with E-state index < -0.39 is 5.79 Å². The van der Waals surface area contributed by atoms with Gasteiger partial charge in [-0.25, -0.2) is 0 Å². The predicted octanol–water partition coefficient (Wildman–Crippen LogP) is 6.12. The van der Waals surface area contributed by atoms with Crippen molar-refractivity contribution < 1.29 is 19.3 Å². The maximum atomic E-state index is 11.2. The summed E-state index contributed by atoms with van der Waals surface area (Å²) in [7, 11) is 0. The molecule has 0 aromatic heterocycles. The van der Waals surface area contributed by atoms with Crippen LogP contribution >= 0.6 is 0 Å². The van der Waals surface area contributed by atoms with E-state index in [0.717, 1.165) is 57.3 Å². The molecule has 1 N–H and O–H groups in total. The number of rotatable bonds is 3. The van der Waals surface area contributed by atoms with Gasteiger partial charge in [-0.15, -0.1) is 0 Å². The molecule has 1 aromatic carbocycles. The Morgan fingerprint density at radius 1 is 1.00 bits per heavy atom. The first-order valence-corrected chi connectivity index (χ1v) is 15.0. The molecule has 1 saturated heterocycles. The lowest BCUT2D eigenvalue weighted by Gasteiger charge is -2.55. The van der Waals surface area contributed by atoms with E-state index in [-0.39, 0.29) is 30.1 Å². The number of fused-ring (bicyclic) bond motifs is 4. The van der Waals surface area contributed by atoms with Gasteiger partial charge in [0.1, 0.15) is 13.2 Å². The van der Waals surface area contributed by atoms with Gasteiger partial charge in [-0.3, -0.25) is 0 Å². The molecule has 6 unspecified atom stereocenters. The zero-order chi connectivity index (χ0) is 27.3. The Bertz CT molecular complexity index is 1200. The van der Waals surface area contributed by atoms with E-state index >= 15 is 0 Å². The van der Waals surface area contributed by atoms with Crippen molar-refractivity contribution in [2.75, 3.05) is 26.4 Å². The number of aliphatic hydroxyl groups excluding tert-OH is 1. The van der Waals surface area contributed by atoms with Crippen LogP contribution in [-0.4, -0.2) is 43.4 Å². The van der Waals surface area contributed by atoms with Gasteiger partial charge in [0.05, 0.1) is 25.4 Å². The summed E-state index contributed by atoms with van der Waals surface area (Å²) in [6, 6.07) is 10.7. The zero-order valence-corrected chi connectivity index (χ0v) is 23.8. The topological polar surface area (TPSA) is 71.7 Å². The fourth-order valence-electron chi connectivity index (χ4n) is 8.58. The SMILES string of the molecule is CC1(C)COC2(CCC3=C4C(c5ccc(C#CCOCC#N)cc5)CC5(C)C(O)CCC5C4CCC3C2)OC1. The van der Waals surface area contributed by atoms with Crippen LogP contribution in [0.15, 0.2) is 35.4 Å². The van der Waals surface area contributed by atoms with Crippen molar-refractivity contribution in [1.29, 1.82) is 5.26 Å². The molecule has 5 aliphatic rings. The molecule has 1 heterocycles. The number of hydrogen-bond acceptors (Lipinski definition) is 5. The Balaban J connectivity index is 1.30. The molecule has 4 aliphatic carbocycles. The number of aliphatic hydroxyl groups is 1. The van der Waals surface area contributed by atoms with Gasteiger partial charge in [0, 0.05) is 29.7 Å². The lowest BCUT2D eigenvalue weighted by Crippen LogP contribution is -2.52. The average Bonchev–Trinajstić information content (AvgIpc) is 3.24. The van der Waals surface area contributed by atoms with E-state index in [4.69, 9.17) is 19.5 Å². The van der Waals surface area contributed by atoms with Gasteiger partial charge in [-0.05, 0) is 79.4 Å². The van der Waals surface area contributed by atoms with Crippen LogP contribution in [0.3, 0.4) is 0 Å². The normalized spacial score (nSPS) is 36.2. The second-order valence-corrected chi connectivity index (χ2v) is 13.8. The molecule has 3 saturated carbocycles. The summed E-state index contributed by atoms with van der Waals surface area (Å²) in [6.07, 6.45) is 8.28. The summed E-state index contributed by atoms with van der Waals surface area (Å²) >= 11 is 0. The van der Waals surface area contributed by atoms with Crippen molar-refractivity contribution in [3.05, 3.63) is 46.5 Å². The third kappa shape index (κ3) is 4.98. The smallest absolute Gasteiger partial charge is 0.169 e. The highest BCUT2D eigenvalue weighted by Crippen LogP contribution is 2.64. The Labute approximate surface area is 233 Å². The largest absolute Gasteiger partial charge is 0.393 e. The summed E-state index contributed by atoms with van der Waals surface area (Å²) in [4.78, 5) is 0. The van der Waals surface area contributed by atoms with Crippen LogP contribution in [0.4, 0.5) is 0 Å². The Kier molecular flexibility index (Phi) is 7.18. The van der Waals surface area contributed by atoms with Crippen LogP contribution in [0, 0.1) is 51.8 Å². The van der Waals surface area contributed by atoms with Gasteiger partial charge in [0.2, 0.25) is 0 Å². The number of ether oxygens (including phenoxy) is 3. The first-order chi connectivity index (χ1) is 18.7. The van der Waals surface area contributed by atoms with Crippen LogP contribution in [0.1, 0.15) is 89.2 Å². The van der Waals surface area contributed by atoms with Crippen LogP contribution < -0.4 is 0 Å².